The maximum absolute atomic E-state index is 14.0. The predicted octanol–water partition coefficient (Wildman–Crippen LogP) is 6.00. The molecule has 0 atom stereocenters. The summed E-state index contributed by atoms with van der Waals surface area (Å²) in [7, 11) is 0. The highest BCUT2D eigenvalue weighted by molar-refractivity contribution is 6.31. The van der Waals surface area contributed by atoms with E-state index in [0.717, 1.165) is 11.0 Å². The molecule has 0 bridgehead atoms. The first kappa shape index (κ1) is 18.7. The summed E-state index contributed by atoms with van der Waals surface area (Å²) in [5.74, 6) is 0.557. The van der Waals surface area contributed by atoms with Crippen molar-refractivity contribution in [3.63, 3.8) is 0 Å². The van der Waals surface area contributed by atoms with Crippen molar-refractivity contribution in [2.24, 2.45) is 0 Å². The summed E-state index contributed by atoms with van der Waals surface area (Å²) >= 11 is 6.07. The second-order valence-electron chi connectivity index (χ2n) is 6.30. The largest absolute Gasteiger partial charge is 0.488 e. The molecule has 0 unspecified atom stereocenters. The zero-order valence-electron chi connectivity index (χ0n) is 15.2. The number of allylic oxidation sites excluding steroid dienone is 1. The minimum Gasteiger partial charge on any atom is -0.488 e. The third kappa shape index (κ3) is 3.98. The maximum Gasteiger partial charge on any atom is 0.149 e. The molecule has 0 saturated heterocycles. The summed E-state index contributed by atoms with van der Waals surface area (Å²) in [5.41, 5.74) is 2.95. The number of rotatable bonds is 5. The van der Waals surface area contributed by atoms with Gasteiger partial charge in [0.2, 0.25) is 0 Å². The molecule has 0 spiro atoms. The lowest BCUT2D eigenvalue weighted by Crippen LogP contribution is -2.00. The predicted molar refractivity (Wildman–Crippen MR) is 112 cm³/mol. The molecule has 1 aromatic heterocycles. The number of benzene rings is 3. The molecule has 4 aromatic rings. The Labute approximate surface area is 171 Å². The highest BCUT2D eigenvalue weighted by Gasteiger charge is 2.11. The van der Waals surface area contributed by atoms with E-state index in [1.54, 1.807) is 24.3 Å². The van der Waals surface area contributed by atoms with E-state index in [9.17, 15) is 9.65 Å². The lowest BCUT2D eigenvalue weighted by molar-refractivity contribution is 0.299. The topological polar surface area (TPSA) is 61.7 Å². The van der Waals surface area contributed by atoms with Crippen molar-refractivity contribution in [2.75, 3.05) is 0 Å². The fourth-order valence-electron chi connectivity index (χ4n) is 2.94. The Hall–Kier alpha value is -3.62. The van der Waals surface area contributed by atoms with Crippen molar-refractivity contribution in [3.8, 4) is 11.8 Å². The molecule has 0 radical (unpaired) electrons. The number of para-hydroxylation sites is 3. The molecular formula is C23H15ClFN3O. The van der Waals surface area contributed by atoms with E-state index in [2.05, 4.69) is 16.0 Å². The third-order valence-corrected chi connectivity index (χ3v) is 4.77. The Morgan fingerprint density at radius 2 is 1.90 bits per heavy atom. The van der Waals surface area contributed by atoms with E-state index in [4.69, 9.17) is 16.3 Å². The Morgan fingerprint density at radius 3 is 2.69 bits per heavy atom. The third-order valence-electron chi connectivity index (χ3n) is 4.42. The van der Waals surface area contributed by atoms with Crippen LogP contribution in [0.15, 0.2) is 66.7 Å². The van der Waals surface area contributed by atoms with Gasteiger partial charge in [-0.25, -0.2) is 9.37 Å². The minimum atomic E-state index is -0.425. The highest BCUT2D eigenvalue weighted by Crippen LogP contribution is 2.27. The van der Waals surface area contributed by atoms with E-state index >= 15 is 0 Å². The molecule has 0 aliphatic rings. The van der Waals surface area contributed by atoms with Crippen LogP contribution in [0.1, 0.15) is 17.0 Å². The second kappa shape index (κ2) is 8.17. The Balaban J connectivity index is 1.65. The highest BCUT2D eigenvalue weighted by atomic mass is 35.5. The molecule has 142 valence electrons. The van der Waals surface area contributed by atoms with Crippen molar-refractivity contribution in [1.82, 2.24) is 9.97 Å². The van der Waals surface area contributed by atoms with Gasteiger partial charge < -0.3 is 9.72 Å². The van der Waals surface area contributed by atoms with Crippen LogP contribution in [0, 0.1) is 17.1 Å². The summed E-state index contributed by atoms with van der Waals surface area (Å²) in [6.07, 6.45) is 1.69. The van der Waals surface area contributed by atoms with Crippen molar-refractivity contribution in [3.05, 3.63) is 94.5 Å². The monoisotopic (exact) mass is 403 g/mol. The lowest BCUT2D eigenvalue weighted by Gasteiger charge is -2.11. The van der Waals surface area contributed by atoms with Crippen LogP contribution in [0.3, 0.4) is 0 Å². The molecule has 6 heteroatoms. The summed E-state index contributed by atoms with van der Waals surface area (Å²) in [6.45, 7) is -0.0249. The average molecular weight is 404 g/mol. The summed E-state index contributed by atoms with van der Waals surface area (Å²) < 4.78 is 19.8. The van der Waals surface area contributed by atoms with Gasteiger partial charge >= 0.3 is 0 Å². The van der Waals surface area contributed by atoms with E-state index < -0.39 is 5.82 Å². The summed E-state index contributed by atoms with van der Waals surface area (Å²) in [6, 6.07) is 21.5. The number of hydrogen-bond acceptors (Lipinski definition) is 3. The Kier molecular flexibility index (Phi) is 5.28. The number of H-pyrrole nitrogens is 1. The number of nitrogens with one attached hydrogen (secondary N) is 1. The number of fused-ring (bicyclic) bond motifs is 1. The van der Waals surface area contributed by atoms with Gasteiger partial charge in [-0.15, -0.1) is 0 Å². The van der Waals surface area contributed by atoms with Gasteiger partial charge in [-0.05, 0) is 36.4 Å². The normalized spacial score (nSPS) is 11.4. The van der Waals surface area contributed by atoms with Gasteiger partial charge in [-0.2, -0.15) is 5.26 Å². The maximum atomic E-state index is 14.0. The Bertz CT molecular complexity index is 1200. The van der Waals surface area contributed by atoms with Crippen molar-refractivity contribution >= 4 is 34.3 Å². The van der Waals surface area contributed by atoms with Gasteiger partial charge in [0, 0.05) is 11.1 Å². The Morgan fingerprint density at radius 1 is 1.10 bits per heavy atom. The van der Waals surface area contributed by atoms with E-state index in [1.807, 2.05) is 42.5 Å². The number of nitriles is 1. The van der Waals surface area contributed by atoms with Crippen LogP contribution < -0.4 is 4.74 Å². The second-order valence-corrected chi connectivity index (χ2v) is 6.71. The van der Waals surface area contributed by atoms with Gasteiger partial charge in [0.1, 0.15) is 30.1 Å². The standard InChI is InChI=1S/C23H15ClFN3O/c24-18-7-5-8-19(25)17(18)14-29-22-11-4-1-6-15(22)12-16(13-26)23-27-20-9-2-3-10-21(20)28-23/h1-12H,14H2,(H,27,28)/b16-12+. The van der Waals surface area contributed by atoms with Crippen LogP contribution in [-0.4, -0.2) is 9.97 Å². The molecule has 0 saturated carbocycles. The van der Waals surface area contributed by atoms with Gasteiger partial charge in [0.25, 0.3) is 0 Å². The van der Waals surface area contributed by atoms with Crippen LogP contribution in [-0.2, 0) is 6.61 Å². The van der Waals surface area contributed by atoms with Crippen molar-refractivity contribution < 1.29 is 9.13 Å². The molecule has 29 heavy (non-hydrogen) atoms. The van der Waals surface area contributed by atoms with Gasteiger partial charge in [0.05, 0.1) is 21.6 Å². The molecule has 0 aliphatic heterocycles. The van der Waals surface area contributed by atoms with Crippen LogP contribution in [0.2, 0.25) is 5.02 Å². The molecule has 3 aromatic carbocycles. The number of aromatic amines is 1. The summed E-state index contributed by atoms with van der Waals surface area (Å²) in [5, 5.41) is 9.96. The summed E-state index contributed by atoms with van der Waals surface area (Å²) in [4.78, 5) is 7.62. The van der Waals surface area contributed by atoms with Crippen LogP contribution >= 0.6 is 11.6 Å². The molecule has 1 heterocycles. The number of aromatic nitrogens is 2. The molecule has 0 fully saturated rings. The van der Waals surface area contributed by atoms with Crippen LogP contribution in [0.5, 0.6) is 5.75 Å². The zero-order valence-corrected chi connectivity index (χ0v) is 15.9. The quantitative estimate of drug-likeness (QED) is 0.416. The van der Waals surface area contributed by atoms with Gasteiger partial charge in [-0.1, -0.05) is 48.0 Å². The fraction of sp³-hybridized carbons (Fsp3) is 0.0435. The van der Waals surface area contributed by atoms with E-state index in [0.29, 0.717) is 27.7 Å². The molecule has 0 amide bonds. The van der Waals surface area contributed by atoms with E-state index in [1.165, 1.54) is 6.07 Å². The molecule has 1 N–H and O–H groups in total. The zero-order chi connectivity index (χ0) is 20.2. The van der Waals surface area contributed by atoms with Gasteiger partial charge in [-0.3, -0.25) is 0 Å². The smallest absolute Gasteiger partial charge is 0.149 e. The molecule has 4 rings (SSSR count). The van der Waals surface area contributed by atoms with Crippen molar-refractivity contribution in [1.29, 1.82) is 5.26 Å². The number of ether oxygens (including phenoxy) is 1. The van der Waals surface area contributed by atoms with Gasteiger partial charge in [0.15, 0.2) is 0 Å². The molecular weight excluding hydrogens is 389 g/mol. The SMILES string of the molecule is N#C/C(=C\c1ccccc1OCc1c(F)cccc1Cl)c1nc2ccccc2[nH]1. The minimum absolute atomic E-state index is 0.0249. The fourth-order valence-corrected chi connectivity index (χ4v) is 3.16. The van der Waals surface area contributed by atoms with Crippen LogP contribution in [0.25, 0.3) is 22.7 Å². The van der Waals surface area contributed by atoms with Crippen molar-refractivity contribution in [2.45, 2.75) is 6.61 Å². The number of halogens is 2. The van der Waals surface area contributed by atoms with E-state index in [-0.39, 0.29) is 12.2 Å². The first-order chi connectivity index (χ1) is 14.2. The number of imidazole rings is 1. The average Bonchev–Trinajstić information content (AvgIpc) is 3.16. The molecule has 0 aliphatic carbocycles. The first-order valence-electron chi connectivity index (χ1n) is 8.87. The van der Waals surface area contributed by atoms with Crippen LogP contribution in [0.4, 0.5) is 4.39 Å². The number of hydrogen-bond donors (Lipinski definition) is 1. The number of nitrogens with zero attached hydrogens (tertiary/aromatic N) is 2. The first-order valence-corrected chi connectivity index (χ1v) is 9.25. The lowest BCUT2D eigenvalue weighted by atomic mass is 10.1. The molecule has 4 nitrogen and oxygen atoms in total.